The fourth-order valence-electron chi connectivity index (χ4n) is 3.66. The molecule has 0 aromatic heterocycles. The van der Waals surface area contributed by atoms with Crippen molar-refractivity contribution >= 4 is 5.91 Å². The van der Waals surface area contributed by atoms with E-state index >= 15 is 0 Å². The number of nitrogens with two attached hydrogens (primary N) is 1. The quantitative estimate of drug-likeness (QED) is 0.842. The predicted octanol–water partition coefficient (Wildman–Crippen LogP) is 1.44. The number of hydrogen-bond acceptors (Lipinski definition) is 3. The topological polar surface area (TPSA) is 49.6 Å². The molecular formula is C15H29N3O. The number of carbonyl (C=O) groups excluding carboxylic acids is 1. The smallest absolute Gasteiger partial charge is 0.239 e. The van der Waals surface area contributed by atoms with Crippen molar-refractivity contribution in [3.63, 3.8) is 0 Å². The van der Waals surface area contributed by atoms with E-state index in [-0.39, 0.29) is 11.9 Å². The Labute approximate surface area is 117 Å². The zero-order valence-electron chi connectivity index (χ0n) is 12.8. The number of hydrogen-bond donors (Lipinski definition) is 1. The minimum absolute atomic E-state index is 0.174. The van der Waals surface area contributed by atoms with Crippen molar-refractivity contribution in [2.24, 2.45) is 11.7 Å². The summed E-state index contributed by atoms with van der Waals surface area (Å²) in [6.45, 7) is 7.65. The lowest BCUT2D eigenvalue weighted by Crippen LogP contribution is -2.50. The van der Waals surface area contributed by atoms with Gasteiger partial charge in [0.05, 0.1) is 6.04 Å². The molecule has 1 aliphatic carbocycles. The van der Waals surface area contributed by atoms with Gasteiger partial charge in [0.25, 0.3) is 0 Å². The third-order valence-electron chi connectivity index (χ3n) is 5.17. The van der Waals surface area contributed by atoms with Crippen LogP contribution < -0.4 is 5.73 Å². The number of amides is 1. The van der Waals surface area contributed by atoms with Crippen LogP contribution in [0.2, 0.25) is 0 Å². The van der Waals surface area contributed by atoms with Gasteiger partial charge in [-0.2, -0.15) is 0 Å². The molecule has 0 unspecified atom stereocenters. The Balaban J connectivity index is 1.96. The second-order valence-corrected chi connectivity index (χ2v) is 6.70. The molecular weight excluding hydrogens is 238 g/mol. The Hall–Kier alpha value is -0.610. The maximum atomic E-state index is 12.1. The Morgan fingerprint density at radius 2 is 2.00 bits per heavy atom. The maximum Gasteiger partial charge on any atom is 0.239 e. The molecule has 1 saturated carbocycles. The highest BCUT2D eigenvalue weighted by Gasteiger charge is 2.39. The summed E-state index contributed by atoms with van der Waals surface area (Å²) >= 11 is 0. The van der Waals surface area contributed by atoms with Gasteiger partial charge in [-0.3, -0.25) is 4.79 Å². The highest BCUT2D eigenvalue weighted by Crippen LogP contribution is 2.33. The summed E-state index contributed by atoms with van der Waals surface area (Å²) in [7, 11) is 2.22. The molecule has 1 heterocycles. The molecule has 2 N–H and O–H groups in total. The van der Waals surface area contributed by atoms with Gasteiger partial charge in [0.1, 0.15) is 0 Å². The lowest BCUT2D eigenvalue weighted by atomic mass is 9.81. The largest absolute Gasteiger partial charge is 0.338 e. The monoisotopic (exact) mass is 267 g/mol. The van der Waals surface area contributed by atoms with Crippen LogP contribution in [-0.4, -0.2) is 53.5 Å². The molecule has 1 aliphatic heterocycles. The molecule has 1 amide bonds. The van der Waals surface area contributed by atoms with E-state index in [1.54, 1.807) is 0 Å². The third kappa shape index (κ3) is 2.95. The van der Waals surface area contributed by atoms with Crippen molar-refractivity contribution < 1.29 is 4.79 Å². The SMILES string of the molecule is CC(C)N(C)[C@@H]1CC[C@H](N2CC[C@H](N)C2=O)[C@H](C)C1. The Bertz CT molecular complexity index is 331. The van der Waals surface area contributed by atoms with Crippen molar-refractivity contribution in [2.75, 3.05) is 13.6 Å². The molecule has 0 aromatic rings. The molecule has 0 spiro atoms. The molecule has 110 valence electrons. The lowest BCUT2D eigenvalue weighted by Gasteiger charge is -2.43. The van der Waals surface area contributed by atoms with Gasteiger partial charge in [-0.05, 0) is 52.5 Å². The van der Waals surface area contributed by atoms with Gasteiger partial charge in [-0.1, -0.05) is 6.92 Å². The molecule has 2 aliphatic rings. The van der Waals surface area contributed by atoms with Crippen LogP contribution in [0, 0.1) is 5.92 Å². The van der Waals surface area contributed by atoms with E-state index in [0.29, 0.717) is 24.0 Å². The summed E-state index contributed by atoms with van der Waals surface area (Å²) in [5, 5.41) is 0. The third-order valence-corrected chi connectivity index (χ3v) is 5.17. The first-order valence-corrected chi connectivity index (χ1v) is 7.69. The Morgan fingerprint density at radius 3 is 2.47 bits per heavy atom. The van der Waals surface area contributed by atoms with Crippen molar-refractivity contribution in [1.29, 1.82) is 0 Å². The standard InChI is InChI=1S/C15H29N3O/c1-10(2)17(4)12-5-6-14(11(3)9-12)18-8-7-13(16)15(18)19/h10-14H,5-9,16H2,1-4H3/t11-,12-,13+,14+/m1/s1. The number of likely N-dealkylation sites (tertiary alicyclic amines) is 1. The number of nitrogens with zero attached hydrogens (tertiary/aromatic N) is 2. The van der Waals surface area contributed by atoms with Crippen LogP contribution in [0.25, 0.3) is 0 Å². The normalized spacial score (nSPS) is 36.6. The van der Waals surface area contributed by atoms with Crippen LogP contribution in [0.5, 0.6) is 0 Å². The predicted molar refractivity (Wildman–Crippen MR) is 77.8 cm³/mol. The lowest BCUT2D eigenvalue weighted by molar-refractivity contribution is -0.132. The van der Waals surface area contributed by atoms with Gasteiger partial charge in [0, 0.05) is 24.7 Å². The van der Waals surface area contributed by atoms with Crippen molar-refractivity contribution in [3.8, 4) is 0 Å². The molecule has 4 atom stereocenters. The van der Waals surface area contributed by atoms with E-state index in [1.807, 2.05) is 0 Å². The second-order valence-electron chi connectivity index (χ2n) is 6.70. The summed E-state index contributed by atoms with van der Waals surface area (Å²) in [6, 6.07) is 1.43. The molecule has 19 heavy (non-hydrogen) atoms. The first-order valence-electron chi connectivity index (χ1n) is 7.69. The average molecular weight is 267 g/mol. The highest BCUT2D eigenvalue weighted by molar-refractivity contribution is 5.84. The molecule has 2 rings (SSSR count). The molecule has 0 aromatic carbocycles. The number of carbonyl (C=O) groups is 1. The van der Waals surface area contributed by atoms with Crippen LogP contribution in [0.1, 0.15) is 46.5 Å². The fraction of sp³-hybridized carbons (Fsp3) is 0.933. The van der Waals surface area contributed by atoms with Crippen LogP contribution in [0.15, 0.2) is 0 Å². The van der Waals surface area contributed by atoms with Crippen LogP contribution in [-0.2, 0) is 4.79 Å². The summed E-state index contributed by atoms with van der Waals surface area (Å²) in [4.78, 5) is 16.6. The van der Waals surface area contributed by atoms with Gasteiger partial charge < -0.3 is 15.5 Å². The van der Waals surface area contributed by atoms with Gasteiger partial charge >= 0.3 is 0 Å². The summed E-state index contributed by atoms with van der Waals surface area (Å²) in [6.07, 6.45) is 4.35. The van der Waals surface area contributed by atoms with E-state index in [9.17, 15) is 4.79 Å². The maximum absolute atomic E-state index is 12.1. The zero-order chi connectivity index (χ0) is 14.2. The highest BCUT2D eigenvalue weighted by atomic mass is 16.2. The van der Waals surface area contributed by atoms with Gasteiger partial charge in [0.15, 0.2) is 0 Å². The summed E-state index contributed by atoms with van der Waals surface area (Å²) in [5.41, 5.74) is 5.84. The molecule has 1 saturated heterocycles. The minimum atomic E-state index is -0.247. The first-order chi connectivity index (χ1) is 8.91. The van der Waals surface area contributed by atoms with E-state index in [1.165, 1.54) is 12.8 Å². The molecule has 0 bridgehead atoms. The van der Waals surface area contributed by atoms with E-state index in [2.05, 4.69) is 37.6 Å². The van der Waals surface area contributed by atoms with E-state index in [4.69, 9.17) is 5.73 Å². The van der Waals surface area contributed by atoms with Crippen LogP contribution >= 0.6 is 0 Å². The van der Waals surface area contributed by atoms with Crippen LogP contribution in [0.3, 0.4) is 0 Å². The molecule has 0 radical (unpaired) electrons. The second kappa shape index (κ2) is 5.80. The van der Waals surface area contributed by atoms with E-state index < -0.39 is 0 Å². The van der Waals surface area contributed by atoms with Crippen molar-refractivity contribution in [3.05, 3.63) is 0 Å². The molecule has 4 heteroatoms. The van der Waals surface area contributed by atoms with Gasteiger partial charge in [-0.25, -0.2) is 0 Å². The fourth-order valence-corrected chi connectivity index (χ4v) is 3.66. The molecule has 2 fully saturated rings. The van der Waals surface area contributed by atoms with Gasteiger partial charge in [-0.15, -0.1) is 0 Å². The van der Waals surface area contributed by atoms with Crippen molar-refractivity contribution in [2.45, 2.75) is 70.6 Å². The van der Waals surface area contributed by atoms with Crippen molar-refractivity contribution in [1.82, 2.24) is 9.80 Å². The van der Waals surface area contributed by atoms with E-state index in [0.717, 1.165) is 19.4 Å². The first kappa shape index (κ1) is 14.8. The summed E-state index contributed by atoms with van der Waals surface area (Å²) in [5.74, 6) is 0.752. The van der Waals surface area contributed by atoms with Gasteiger partial charge in [0.2, 0.25) is 5.91 Å². The number of rotatable bonds is 3. The average Bonchev–Trinajstić information content (AvgIpc) is 2.69. The van der Waals surface area contributed by atoms with Crippen LogP contribution in [0.4, 0.5) is 0 Å². The minimum Gasteiger partial charge on any atom is -0.338 e. The Morgan fingerprint density at radius 1 is 1.32 bits per heavy atom. The Kier molecular flexibility index (Phi) is 4.51. The molecule has 4 nitrogen and oxygen atoms in total. The summed E-state index contributed by atoms with van der Waals surface area (Å²) < 4.78 is 0. The zero-order valence-corrected chi connectivity index (χ0v) is 12.8.